The number of hydrogen-bond donors (Lipinski definition) is 4. The molecule has 28 heavy (non-hydrogen) atoms. The predicted molar refractivity (Wildman–Crippen MR) is 117 cm³/mol. The lowest BCUT2D eigenvalue weighted by Gasteiger charge is -2.11. The molecule has 7 nitrogen and oxygen atoms in total. The summed E-state index contributed by atoms with van der Waals surface area (Å²) in [4.78, 5) is 20.9. The molecule has 1 atom stereocenters. The predicted octanol–water partition coefficient (Wildman–Crippen LogP) is 3.65. The van der Waals surface area contributed by atoms with Crippen LogP contribution in [0, 0.1) is 0 Å². The van der Waals surface area contributed by atoms with Gasteiger partial charge in [-0.15, -0.1) is 0 Å². The maximum absolute atomic E-state index is 11.2. The van der Waals surface area contributed by atoms with Crippen molar-refractivity contribution in [2.75, 3.05) is 17.7 Å². The molecule has 3 rings (SSSR count). The molecule has 5 N–H and O–H groups in total. The van der Waals surface area contributed by atoms with E-state index in [4.69, 9.17) is 5.73 Å². The highest BCUT2D eigenvalue weighted by molar-refractivity contribution is 8.13. The Morgan fingerprint density at radius 3 is 2.29 bits per heavy atom. The highest BCUT2D eigenvalue weighted by atomic mass is 32.2. The monoisotopic (exact) mass is 394 g/mol. The van der Waals surface area contributed by atoms with Gasteiger partial charge >= 0.3 is 0 Å². The fourth-order valence-corrected chi connectivity index (χ4v) is 3.81. The Labute approximate surface area is 166 Å². The quantitative estimate of drug-likeness (QED) is 0.456. The van der Waals surface area contributed by atoms with E-state index in [-0.39, 0.29) is 10.7 Å². The Hall–Kier alpha value is -3.23. The molecular formula is C20H22N6OS. The van der Waals surface area contributed by atoms with Crippen LogP contribution in [-0.2, 0) is 0 Å². The topological polar surface area (TPSA) is 105 Å². The van der Waals surface area contributed by atoms with Crippen molar-refractivity contribution in [3.05, 3.63) is 66.5 Å². The molecule has 0 aliphatic carbocycles. The molecule has 0 fully saturated rings. The van der Waals surface area contributed by atoms with Crippen molar-refractivity contribution in [3.8, 4) is 0 Å². The number of anilines is 4. The number of rotatable bonds is 7. The van der Waals surface area contributed by atoms with Crippen LogP contribution in [0.1, 0.15) is 17.3 Å². The molecule has 1 heterocycles. The van der Waals surface area contributed by atoms with Crippen LogP contribution in [0.25, 0.3) is 0 Å². The van der Waals surface area contributed by atoms with Crippen molar-refractivity contribution < 1.29 is 4.79 Å². The zero-order chi connectivity index (χ0) is 19.9. The van der Waals surface area contributed by atoms with E-state index in [0.717, 1.165) is 11.4 Å². The summed E-state index contributed by atoms with van der Waals surface area (Å²) in [5.41, 5.74) is 7.47. The molecule has 144 valence electrons. The van der Waals surface area contributed by atoms with Crippen LogP contribution in [0.15, 0.2) is 65.8 Å². The van der Waals surface area contributed by atoms with Crippen molar-refractivity contribution in [2.24, 2.45) is 5.73 Å². The minimum absolute atomic E-state index is 0.0994. The average Bonchev–Trinajstić information content (AvgIpc) is 2.70. The maximum atomic E-state index is 11.2. The summed E-state index contributed by atoms with van der Waals surface area (Å²) in [6.07, 6.45) is 1.49. The summed E-state index contributed by atoms with van der Waals surface area (Å²) in [6.45, 7) is 2.04. The third-order valence-electron chi connectivity index (χ3n) is 3.92. The van der Waals surface area contributed by atoms with Gasteiger partial charge in [0.25, 0.3) is 0 Å². The van der Waals surface area contributed by atoms with Crippen LogP contribution in [0.4, 0.5) is 23.0 Å². The summed E-state index contributed by atoms with van der Waals surface area (Å²) in [5, 5.41) is 8.63. The first-order valence-corrected chi connectivity index (χ1v) is 9.94. The third-order valence-corrected chi connectivity index (χ3v) is 5.60. The van der Waals surface area contributed by atoms with Crippen LogP contribution in [0.3, 0.4) is 0 Å². The molecule has 2 aromatic carbocycles. The number of nitrogens with one attached hydrogen (secondary N) is 3. The first-order chi connectivity index (χ1) is 13.6. The minimum Gasteiger partial charge on any atom is -0.366 e. The van der Waals surface area contributed by atoms with Gasteiger partial charge in [0.15, 0.2) is 0 Å². The van der Waals surface area contributed by atoms with E-state index >= 15 is 0 Å². The molecule has 0 radical (unpaired) electrons. The number of nitrogens with zero attached hydrogens (tertiary/aromatic N) is 2. The molecule has 3 aromatic rings. The number of aromatic nitrogens is 2. The van der Waals surface area contributed by atoms with Crippen LogP contribution >= 0.6 is 10.7 Å². The zero-order valence-electron chi connectivity index (χ0n) is 15.6. The van der Waals surface area contributed by atoms with E-state index in [1.807, 2.05) is 32.2 Å². The van der Waals surface area contributed by atoms with Crippen molar-refractivity contribution in [2.45, 2.75) is 11.8 Å². The van der Waals surface area contributed by atoms with E-state index in [2.05, 4.69) is 42.8 Å². The first-order valence-electron chi connectivity index (χ1n) is 8.65. The highest BCUT2D eigenvalue weighted by Crippen LogP contribution is 2.26. The average molecular weight is 395 g/mol. The van der Waals surface area contributed by atoms with Crippen molar-refractivity contribution in [3.63, 3.8) is 0 Å². The second-order valence-corrected chi connectivity index (χ2v) is 7.81. The van der Waals surface area contributed by atoms with Crippen molar-refractivity contribution in [1.29, 1.82) is 0 Å². The normalized spacial score (nSPS) is 11.8. The molecule has 1 aromatic heterocycles. The molecule has 1 amide bonds. The van der Waals surface area contributed by atoms with Gasteiger partial charge in [-0.3, -0.25) is 9.52 Å². The lowest BCUT2D eigenvalue weighted by atomic mass is 10.2. The SMILES string of the molecule is CC=S(NC)c1cccc(Nc2cc(Nc3ccc(C(N)=O)cc3)ncn2)c1. The maximum Gasteiger partial charge on any atom is 0.248 e. The van der Waals surface area contributed by atoms with Gasteiger partial charge in [-0.05, 0) is 61.8 Å². The second-order valence-electron chi connectivity index (χ2n) is 5.79. The number of carbonyl (C=O) groups excluding carboxylic acids is 1. The van der Waals surface area contributed by atoms with Gasteiger partial charge in [0.05, 0.1) is 0 Å². The number of hydrogen-bond acceptors (Lipinski definition) is 6. The molecule has 1 unspecified atom stereocenters. The summed E-state index contributed by atoms with van der Waals surface area (Å²) in [5.74, 6) is 0.856. The number of nitrogens with two attached hydrogens (primary N) is 1. The minimum atomic E-state index is -0.455. The van der Waals surface area contributed by atoms with Crippen molar-refractivity contribution in [1.82, 2.24) is 14.7 Å². The highest BCUT2D eigenvalue weighted by Gasteiger charge is 2.04. The Morgan fingerprint density at radius 2 is 1.68 bits per heavy atom. The number of amides is 1. The Balaban J connectivity index is 1.75. The smallest absolute Gasteiger partial charge is 0.248 e. The molecule has 0 aliphatic rings. The summed E-state index contributed by atoms with van der Waals surface area (Å²) < 4.78 is 3.29. The fourth-order valence-electron chi connectivity index (χ4n) is 2.59. The van der Waals surface area contributed by atoms with Gasteiger partial charge in [-0.1, -0.05) is 16.7 Å². The van der Waals surface area contributed by atoms with Gasteiger partial charge in [-0.2, -0.15) is 0 Å². The molecule has 0 saturated carbocycles. The molecule has 0 aliphatic heterocycles. The van der Waals surface area contributed by atoms with E-state index in [1.54, 1.807) is 24.3 Å². The lowest BCUT2D eigenvalue weighted by molar-refractivity contribution is 0.100. The zero-order valence-corrected chi connectivity index (χ0v) is 16.5. The fraction of sp³-hybridized carbons (Fsp3) is 0.100. The third kappa shape index (κ3) is 4.93. The Morgan fingerprint density at radius 1 is 1.00 bits per heavy atom. The number of carbonyl (C=O) groups is 1. The molecule has 0 bridgehead atoms. The molecule has 0 spiro atoms. The molecular weight excluding hydrogens is 372 g/mol. The Kier molecular flexibility index (Phi) is 6.36. The number of primary amides is 1. The molecule has 8 heteroatoms. The van der Waals surface area contributed by atoms with Crippen molar-refractivity contribution >= 4 is 45.0 Å². The van der Waals surface area contributed by atoms with Gasteiger partial charge in [-0.25, -0.2) is 9.97 Å². The second kappa shape index (κ2) is 9.12. The number of benzene rings is 2. The lowest BCUT2D eigenvalue weighted by Crippen LogP contribution is -2.10. The summed E-state index contributed by atoms with van der Waals surface area (Å²) >= 11 is 0. The van der Waals surface area contributed by atoms with E-state index < -0.39 is 5.91 Å². The van der Waals surface area contributed by atoms with Crippen LogP contribution in [0.2, 0.25) is 0 Å². The van der Waals surface area contributed by atoms with Crippen LogP contribution in [0.5, 0.6) is 0 Å². The summed E-state index contributed by atoms with van der Waals surface area (Å²) in [7, 11) is 1.85. The van der Waals surface area contributed by atoms with E-state index in [0.29, 0.717) is 17.2 Å². The van der Waals surface area contributed by atoms with E-state index in [9.17, 15) is 4.79 Å². The Bertz CT molecular complexity index is 1000. The largest absolute Gasteiger partial charge is 0.366 e. The van der Waals surface area contributed by atoms with Gasteiger partial charge in [0.1, 0.15) is 18.0 Å². The standard InChI is InChI=1S/C20H22N6OS/c1-3-28(22-2)17-6-4-5-16(11-17)26-19-12-18(23-13-24-19)25-15-9-7-14(8-10-15)20(21)27/h3-13,22H,1-2H3,(H2,21,27)(H2,23,24,25,26). The van der Waals surface area contributed by atoms with Gasteiger partial charge in [0.2, 0.25) is 5.91 Å². The first kappa shape index (κ1) is 19.5. The van der Waals surface area contributed by atoms with Gasteiger partial charge in [0, 0.05) is 27.9 Å². The van der Waals surface area contributed by atoms with Crippen LogP contribution < -0.4 is 21.1 Å². The van der Waals surface area contributed by atoms with Gasteiger partial charge < -0.3 is 16.4 Å². The summed E-state index contributed by atoms with van der Waals surface area (Å²) in [6, 6.07) is 16.9. The van der Waals surface area contributed by atoms with Crippen LogP contribution in [-0.4, -0.2) is 28.3 Å². The molecule has 0 saturated heterocycles. The van der Waals surface area contributed by atoms with E-state index in [1.165, 1.54) is 11.2 Å².